The Labute approximate surface area is 120 Å². The number of hydrogen-bond acceptors (Lipinski definition) is 0. The van der Waals surface area contributed by atoms with Gasteiger partial charge in [0, 0.05) is 0 Å². The Morgan fingerprint density at radius 2 is 2.00 bits per heavy atom. The van der Waals surface area contributed by atoms with E-state index in [2.05, 4.69) is 32.1 Å². The van der Waals surface area contributed by atoms with Crippen LogP contribution in [-0.2, 0) is 0 Å². The highest BCUT2D eigenvalue weighted by Gasteiger charge is 2.34. The molecule has 0 aromatic carbocycles. The van der Waals surface area contributed by atoms with E-state index in [9.17, 15) is 0 Å². The Bertz CT molecular complexity index is 310. The molecular formula is C19H32. The first-order valence-corrected chi connectivity index (χ1v) is 8.69. The average Bonchev–Trinajstić information content (AvgIpc) is 2.68. The van der Waals surface area contributed by atoms with E-state index in [0.717, 1.165) is 17.8 Å². The van der Waals surface area contributed by atoms with Crippen molar-refractivity contribution in [2.75, 3.05) is 0 Å². The van der Waals surface area contributed by atoms with Crippen LogP contribution in [0.4, 0.5) is 0 Å². The molecule has 3 unspecified atom stereocenters. The van der Waals surface area contributed by atoms with E-state index in [0.29, 0.717) is 0 Å². The highest BCUT2D eigenvalue weighted by molar-refractivity contribution is 5.23. The van der Waals surface area contributed by atoms with Gasteiger partial charge in [-0.05, 0) is 49.9 Å². The van der Waals surface area contributed by atoms with Crippen LogP contribution in [0.3, 0.4) is 0 Å². The summed E-state index contributed by atoms with van der Waals surface area (Å²) in [6.45, 7) is 4.81. The van der Waals surface area contributed by atoms with Crippen molar-refractivity contribution in [3.05, 3.63) is 23.8 Å². The van der Waals surface area contributed by atoms with Crippen LogP contribution < -0.4 is 0 Å². The van der Waals surface area contributed by atoms with E-state index >= 15 is 0 Å². The number of fused-ring (bicyclic) bond motifs is 1. The Kier molecular flexibility index (Phi) is 6.20. The van der Waals surface area contributed by atoms with E-state index < -0.39 is 0 Å². The molecule has 0 heteroatoms. The van der Waals surface area contributed by atoms with Crippen molar-refractivity contribution in [1.82, 2.24) is 0 Å². The van der Waals surface area contributed by atoms with Crippen LogP contribution >= 0.6 is 0 Å². The molecule has 0 N–H and O–H groups in total. The van der Waals surface area contributed by atoms with Gasteiger partial charge >= 0.3 is 0 Å². The molecule has 1 fully saturated rings. The van der Waals surface area contributed by atoms with Gasteiger partial charge < -0.3 is 0 Å². The van der Waals surface area contributed by atoms with Gasteiger partial charge in [-0.15, -0.1) is 0 Å². The molecule has 3 atom stereocenters. The molecule has 0 aromatic heterocycles. The monoisotopic (exact) mass is 260 g/mol. The van der Waals surface area contributed by atoms with E-state index in [1.807, 2.05) is 0 Å². The SMILES string of the molecule is CCCCC1CC(C)C2CCCCCC/C=C/C=C/12. The van der Waals surface area contributed by atoms with Gasteiger partial charge in [0.2, 0.25) is 0 Å². The van der Waals surface area contributed by atoms with Crippen molar-refractivity contribution in [1.29, 1.82) is 0 Å². The number of allylic oxidation sites excluding steroid dienone is 4. The molecular weight excluding hydrogens is 228 g/mol. The lowest BCUT2D eigenvalue weighted by Gasteiger charge is -2.18. The summed E-state index contributed by atoms with van der Waals surface area (Å²) in [7, 11) is 0. The molecule has 0 heterocycles. The van der Waals surface area contributed by atoms with Crippen molar-refractivity contribution >= 4 is 0 Å². The van der Waals surface area contributed by atoms with Crippen molar-refractivity contribution in [3.63, 3.8) is 0 Å². The lowest BCUT2D eigenvalue weighted by Crippen LogP contribution is -2.06. The van der Waals surface area contributed by atoms with Crippen LogP contribution in [0, 0.1) is 17.8 Å². The van der Waals surface area contributed by atoms with Crippen molar-refractivity contribution < 1.29 is 0 Å². The molecule has 0 aliphatic heterocycles. The number of unbranched alkanes of at least 4 members (excludes halogenated alkanes) is 1. The number of rotatable bonds is 3. The van der Waals surface area contributed by atoms with Gasteiger partial charge in [0.1, 0.15) is 0 Å². The average molecular weight is 260 g/mol. The van der Waals surface area contributed by atoms with Gasteiger partial charge in [-0.25, -0.2) is 0 Å². The van der Waals surface area contributed by atoms with E-state index in [1.54, 1.807) is 5.57 Å². The minimum Gasteiger partial charge on any atom is -0.0845 e. The summed E-state index contributed by atoms with van der Waals surface area (Å²) >= 11 is 0. The summed E-state index contributed by atoms with van der Waals surface area (Å²) in [6, 6.07) is 0. The Balaban J connectivity index is 2.08. The molecule has 108 valence electrons. The van der Waals surface area contributed by atoms with Crippen molar-refractivity contribution in [2.24, 2.45) is 17.8 Å². The maximum atomic E-state index is 2.50. The summed E-state index contributed by atoms with van der Waals surface area (Å²) in [4.78, 5) is 0. The lowest BCUT2D eigenvalue weighted by atomic mass is 9.87. The maximum Gasteiger partial charge on any atom is -0.0171 e. The highest BCUT2D eigenvalue weighted by atomic mass is 14.4. The molecule has 2 rings (SSSR count). The van der Waals surface area contributed by atoms with Crippen LogP contribution in [0.1, 0.15) is 78.1 Å². The van der Waals surface area contributed by atoms with Crippen LogP contribution in [0.5, 0.6) is 0 Å². The van der Waals surface area contributed by atoms with Gasteiger partial charge in [-0.2, -0.15) is 0 Å². The normalized spacial score (nSPS) is 36.9. The van der Waals surface area contributed by atoms with Gasteiger partial charge in [-0.1, -0.05) is 69.8 Å². The van der Waals surface area contributed by atoms with Gasteiger partial charge in [0.15, 0.2) is 0 Å². The topological polar surface area (TPSA) is 0 Å². The molecule has 0 amide bonds. The maximum absolute atomic E-state index is 2.50. The van der Waals surface area contributed by atoms with Crippen LogP contribution in [0.2, 0.25) is 0 Å². The van der Waals surface area contributed by atoms with Crippen LogP contribution in [-0.4, -0.2) is 0 Å². The third-order valence-corrected chi connectivity index (χ3v) is 5.21. The minimum atomic E-state index is 0.893. The zero-order valence-electron chi connectivity index (χ0n) is 13.0. The number of hydrogen-bond donors (Lipinski definition) is 0. The smallest absolute Gasteiger partial charge is 0.0171 e. The zero-order chi connectivity index (χ0) is 13.5. The third kappa shape index (κ3) is 4.23. The molecule has 0 saturated heterocycles. The fourth-order valence-corrected chi connectivity index (χ4v) is 4.08. The van der Waals surface area contributed by atoms with E-state index in [4.69, 9.17) is 0 Å². The van der Waals surface area contributed by atoms with Crippen molar-refractivity contribution in [3.8, 4) is 0 Å². The minimum absolute atomic E-state index is 0.893. The van der Waals surface area contributed by atoms with Gasteiger partial charge in [0.05, 0.1) is 0 Å². The molecule has 0 aromatic rings. The second-order valence-corrected chi connectivity index (χ2v) is 6.75. The van der Waals surface area contributed by atoms with Gasteiger partial charge in [0.25, 0.3) is 0 Å². The van der Waals surface area contributed by atoms with Crippen molar-refractivity contribution in [2.45, 2.75) is 78.1 Å². The van der Waals surface area contributed by atoms with E-state index in [1.165, 1.54) is 64.2 Å². The molecule has 19 heavy (non-hydrogen) atoms. The summed E-state index contributed by atoms with van der Waals surface area (Å²) in [5.74, 6) is 2.71. The Morgan fingerprint density at radius 1 is 1.16 bits per heavy atom. The predicted octanol–water partition coefficient (Wildman–Crippen LogP) is 6.29. The van der Waals surface area contributed by atoms with Crippen LogP contribution in [0.15, 0.2) is 23.8 Å². The summed E-state index contributed by atoms with van der Waals surface area (Å²) < 4.78 is 0. The Morgan fingerprint density at radius 3 is 2.84 bits per heavy atom. The molecule has 0 nitrogen and oxygen atoms in total. The predicted molar refractivity (Wildman–Crippen MR) is 85.2 cm³/mol. The first-order valence-electron chi connectivity index (χ1n) is 8.69. The molecule has 0 spiro atoms. The summed E-state index contributed by atoms with van der Waals surface area (Å²) in [5.41, 5.74) is 1.80. The standard InChI is InChI=1S/C19H32/c1-3-4-12-17-15-16(2)18-13-10-8-6-5-7-9-11-14-19(17)18/h9,11,14,16-18H,3-8,10,12-13,15H2,1-2H3/b11-9+,19-14-. The quantitative estimate of drug-likeness (QED) is 0.559. The largest absolute Gasteiger partial charge is 0.0845 e. The van der Waals surface area contributed by atoms with Gasteiger partial charge in [-0.3, -0.25) is 0 Å². The Hall–Kier alpha value is -0.520. The third-order valence-electron chi connectivity index (χ3n) is 5.21. The molecule has 1 saturated carbocycles. The fourth-order valence-electron chi connectivity index (χ4n) is 4.08. The first kappa shape index (κ1) is 14.9. The fraction of sp³-hybridized carbons (Fsp3) is 0.789. The van der Waals surface area contributed by atoms with Crippen LogP contribution in [0.25, 0.3) is 0 Å². The molecule has 0 radical (unpaired) electrons. The summed E-state index contributed by atoms with van der Waals surface area (Å²) in [5, 5.41) is 0. The molecule has 2 aliphatic carbocycles. The summed E-state index contributed by atoms with van der Waals surface area (Å²) in [6.07, 6.45) is 21.3. The second kappa shape index (κ2) is 7.92. The molecule has 0 bridgehead atoms. The van der Waals surface area contributed by atoms with E-state index in [-0.39, 0.29) is 0 Å². The second-order valence-electron chi connectivity index (χ2n) is 6.75. The lowest BCUT2D eigenvalue weighted by molar-refractivity contribution is 0.405. The first-order chi connectivity index (χ1) is 9.33. The highest BCUT2D eigenvalue weighted by Crippen LogP contribution is 2.45. The zero-order valence-corrected chi connectivity index (χ0v) is 13.0. The molecule has 2 aliphatic rings.